The Labute approximate surface area is 128 Å². The number of hydrogen-bond donors (Lipinski definition) is 1. The van der Waals surface area contributed by atoms with Gasteiger partial charge in [-0.15, -0.1) is 0 Å². The van der Waals surface area contributed by atoms with E-state index in [1.807, 2.05) is 0 Å². The third-order valence-electron chi connectivity index (χ3n) is 5.10. The van der Waals surface area contributed by atoms with Crippen LogP contribution in [0.1, 0.15) is 62.5 Å². The lowest BCUT2D eigenvalue weighted by atomic mass is 9.91. The smallest absolute Gasteiger partial charge is 0.122 e. The summed E-state index contributed by atoms with van der Waals surface area (Å²) in [5, 5.41) is 10.3. The Bertz CT molecular complexity index is 447. The Hall–Kier alpha value is -1.02. The number of aryl methyl sites for hydroxylation is 1. The lowest BCUT2D eigenvalue weighted by Gasteiger charge is -2.18. The first-order valence-electron chi connectivity index (χ1n) is 8.74. The number of hydrogen-bond acceptors (Lipinski definition) is 2. The summed E-state index contributed by atoms with van der Waals surface area (Å²) in [5.41, 5.74) is 2.69. The van der Waals surface area contributed by atoms with Crippen molar-refractivity contribution in [1.82, 2.24) is 0 Å². The van der Waals surface area contributed by atoms with Crippen LogP contribution in [0.15, 0.2) is 18.2 Å². The fourth-order valence-corrected chi connectivity index (χ4v) is 3.83. The zero-order chi connectivity index (χ0) is 14.5. The normalized spacial score (nSPS) is 20.6. The number of aliphatic hydroxyl groups excluding tert-OH is 1. The van der Waals surface area contributed by atoms with Gasteiger partial charge < -0.3 is 9.84 Å². The molecule has 1 saturated carbocycles. The van der Waals surface area contributed by atoms with Crippen molar-refractivity contribution >= 4 is 0 Å². The second-order valence-electron chi connectivity index (χ2n) is 6.83. The molecule has 1 aromatic carbocycles. The predicted octanol–water partition coefficient (Wildman–Crippen LogP) is 4.28. The van der Waals surface area contributed by atoms with Crippen molar-refractivity contribution in [2.75, 3.05) is 6.61 Å². The molecule has 0 aromatic heterocycles. The molecule has 116 valence electrons. The molecule has 1 heterocycles. The Morgan fingerprint density at radius 2 is 1.95 bits per heavy atom. The molecule has 0 saturated heterocycles. The van der Waals surface area contributed by atoms with E-state index in [1.165, 1.54) is 49.7 Å². The van der Waals surface area contributed by atoms with E-state index in [-0.39, 0.29) is 6.10 Å². The Morgan fingerprint density at radius 1 is 1.14 bits per heavy atom. The molecule has 2 aliphatic rings. The molecule has 1 aliphatic heterocycles. The maximum Gasteiger partial charge on any atom is 0.122 e. The van der Waals surface area contributed by atoms with Gasteiger partial charge in [-0.1, -0.05) is 50.7 Å². The molecule has 0 radical (unpaired) electrons. The summed E-state index contributed by atoms with van der Waals surface area (Å²) in [5.74, 6) is 1.81. The first-order valence-corrected chi connectivity index (χ1v) is 8.74. The number of benzene rings is 1. The van der Waals surface area contributed by atoms with E-state index in [0.717, 1.165) is 44.0 Å². The number of ether oxygens (including phenoxy) is 1. The number of rotatable bonds is 5. The second-order valence-corrected chi connectivity index (χ2v) is 6.83. The monoisotopic (exact) mass is 288 g/mol. The zero-order valence-corrected chi connectivity index (χ0v) is 13.0. The molecule has 1 fully saturated rings. The maximum atomic E-state index is 10.3. The van der Waals surface area contributed by atoms with Gasteiger partial charge in [0, 0.05) is 6.42 Å². The quantitative estimate of drug-likeness (QED) is 0.820. The van der Waals surface area contributed by atoms with Crippen molar-refractivity contribution in [2.24, 2.45) is 5.92 Å². The fraction of sp³-hybridized carbons (Fsp3) is 0.684. The van der Waals surface area contributed by atoms with E-state index in [0.29, 0.717) is 0 Å². The van der Waals surface area contributed by atoms with Gasteiger partial charge in [0.2, 0.25) is 0 Å². The Morgan fingerprint density at radius 3 is 2.76 bits per heavy atom. The molecule has 3 rings (SSSR count). The van der Waals surface area contributed by atoms with Crippen LogP contribution in [0.5, 0.6) is 5.75 Å². The first kappa shape index (κ1) is 14.9. The lowest BCUT2D eigenvalue weighted by Crippen LogP contribution is -2.14. The minimum absolute atomic E-state index is 0.127. The largest absolute Gasteiger partial charge is 0.493 e. The van der Waals surface area contributed by atoms with Crippen LogP contribution in [0, 0.1) is 5.92 Å². The van der Waals surface area contributed by atoms with Gasteiger partial charge in [0.15, 0.2) is 0 Å². The van der Waals surface area contributed by atoms with Crippen LogP contribution < -0.4 is 4.74 Å². The van der Waals surface area contributed by atoms with Crippen LogP contribution in [0.2, 0.25) is 0 Å². The SMILES string of the molecule is OC(CCc1ccc2c(c1)CCO2)CC1CCCCCC1. The fourth-order valence-electron chi connectivity index (χ4n) is 3.83. The molecule has 2 heteroatoms. The molecule has 2 nitrogen and oxygen atoms in total. The van der Waals surface area contributed by atoms with E-state index in [1.54, 1.807) is 0 Å². The molecule has 1 aromatic rings. The van der Waals surface area contributed by atoms with Crippen molar-refractivity contribution in [3.05, 3.63) is 29.3 Å². The van der Waals surface area contributed by atoms with Gasteiger partial charge in [-0.25, -0.2) is 0 Å². The molecule has 1 N–H and O–H groups in total. The minimum Gasteiger partial charge on any atom is -0.493 e. The van der Waals surface area contributed by atoms with Crippen LogP contribution in [-0.4, -0.2) is 17.8 Å². The summed E-state index contributed by atoms with van der Waals surface area (Å²) < 4.78 is 5.54. The third-order valence-corrected chi connectivity index (χ3v) is 5.10. The van der Waals surface area contributed by atoms with Gasteiger partial charge in [-0.3, -0.25) is 0 Å². The minimum atomic E-state index is -0.127. The van der Waals surface area contributed by atoms with Gasteiger partial charge in [0.25, 0.3) is 0 Å². The Kier molecular flexibility index (Phi) is 5.18. The highest BCUT2D eigenvalue weighted by atomic mass is 16.5. The average Bonchev–Trinajstić information content (AvgIpc) is 2.81. The molecule has 0 bridgehead atoms. The number of fused-ring (bicyclic) bond motifs is 1. The van der Waals surface area contributed by atoms with Crippen LogP contribution in [0.25, 0.3) is 0 Å². The summed E-state index contributed by atoms with van der Waals surface area (Å²) in [6, 6.07) is 6.51. The van der Waals surface area contributed by atoms with Crippen LogP contribution in [-0.2, 0) is 12.8 Å². The highest BCUT2D eigenvalue weighted by molar-refractivity contribution is 5.39. The van der Waals surface area contributed by atoms with E-state index >= 15 is 0 Å². The summed E-state index contributed by atoms with van der Waals surface area (Å²) in [7, 11) is 0. The highest BCUT2D eigenvalue weighted by Gasteiger charge is 2.17. The molecular formula is C19H28O2. The molecule has 0 spiro atoms. The van der Waals surface area contributed by atoms with Crippen molar-refractivity contribution in [3.63, 3.8) is 0 Å². The van der Waals surface area contributed by atoms with Gasteiger partial charge in [-0.2, -0.15) is 0 Å². The lowest BCUT2D eigenvalue weighted by molar-refractivity contribution is 0.129. The summed E-state index contributed by atoms with van der Waals surface area (Å²) in [6.07, 6.45) is 12.0. The second kappa shape index (κ2) is 7.31. The van der Waals surface area contributed by atoms with E-state index in [2.05, 4.69) is 18.2 Å². The molecule has 1 atom stereocenters. The number of aliphatic hydroxyl groups is 1. The topological polar surface area (TPSA) is 29.5 Å². The summed E-state index contributed by atoms with van der Waals surface area (Å²) in [4.78, 5) is 0. The van der Waals surface area contributed by atoms with Gasteiger partial charge in [-0.05, 0) is 42.4 Å². The maximum absolute atomic E-state index is 10.3. The van der Waals surface area contributed by atoms with Crippen molar-refractivity contribution in [1.29, 1.82) is 0 Å². The van der Waals surface area contributed by atoms with Gasteiger partial charge in [0.1, 0.15) is 5.75 Å². The molecule has 1 unspecified atom stereocenters. The molecule has 21 heavy (non-hydrogen) atoms. The summed E-state index contributed by atoms with van der Waals surface area (Å²) >= 11 is 0. The molecular weight excluding hydrogens is 260 g/mol. The van der Waals surface area contributed by atoms with E-state index in [9.17, 15) is 5.11 Å². The van der Waals surface area contributed by atoms with E-state index in [4.69, 9.17) is 4.74 Å². The molecule has 1 aliphatic carbocycles. The van der Waals surface area contributed by atoms with Crippen molar-refractivity contribution < 1.29 is 9.84 Å². The van der Waals surface area contributed by atoms with Crippen LogP contribution in [0.3, 0.4) is 0 Å². The molecule has 0 amide bonds. The van der Waals surface area contributed by atoms with Crippen LogP contribution in [0.4, 0.5) is 0 Å². The van der Waals surface area contributed by atoms with Crippen molar-refractivity contribution in [3.8, 4) is 5.75 Å². The summed E-state index contributed by atoms with van der Waals surface area (Å²) in [6.45, 7) is 0.823. The standard InChI is InChI=1S/C19H28O2/c20-18(14-15-5-3-1-2-4-6-15)9-7-16-8-10-19-17(13-16)11-12-21-19/h8,10,13,15,18,20H,1-7,9,11-12,14H2. The average molecular weight is 288 g/mol. The van der Waals surface area contributed by atoms with E-state index < -0.39 is 0 Å². The van der Waals surface area contributed by atoms with Crippen molar-refractivity contribution in [2.45, 2.75) is 70.3 Å². The van der Waals surface area contributed by atoms with Gasteiger partial charge in [0.05, 0.1) is 12.7 Å². The van der Waals surface area contributed by atoms with Crippen LogP contribution >= 0.6 is 0 Å². The highest BCUT2D eigenvalue weighted by Crippen LogP contribution is 2.29. The first-order chi connectivity index (χ1) is 10.3. The third kappa shape index (κ3) is 4.23. The zero-order valence-electron chi connectivity index (χ0n) is 13.0. The Balaban J connectivity index is 1.45. The van der Waals surface area contributed by atoms with Gasteiger partial charge >= 0.3 is 0 Å². The predicted molar refractivity (Wildman–Crippen MR) is 85.8 cm³/mol.